The standard InChI is InChI=1S/C41H40N4O6S2/c1-48-31-13-10-28(11-14-31)25-50-39-22-30(44-16-18-49-19-17-44)21-33(43-39)32-8-5-9-37-40(32)53-36-15-12-29(20-38(36)52-37)42-34-23-45(24-35(34)46)41(47)51-26-27-6-3-2-4-7-27/h2-15,20-22,34-35,42,46H,16-19,23-26H2,1H3. The van der Waals surface area contributed by atoms with E-state index in [9.17, 15) is 9.90 Å². The molecule has 272 valence electrons. The first kappa shape index (κ1) is 35.2. The third-order valence-electron chi connectivity index (χ3n) is 9.44. The van der Waals surface area contributed by atoms with E-state index in [2.05, 4.69) is 46.6 Å². The summed E-state index contributed by atoms with van der Waals surface area (Å²) in [5.41, 5.74) is 5.80. The van der Waals surface area contributed by atoms with Gasteiger partial charge in [-0.15, -0.1) is 0 Å². The fourth-order valence-corrected chi connectivity index (χ4v) is 8.99. The van der Waals surface area contributed by atoms with Crippen LogP contribution in [0, 0.1) is 0 Å². The van der Waals surface area contributed by atoms with Crippen molar-refractivity contribution < 1.29 is 28.8 Å². The number of amides is 1. The number of fused-ring (bicyclic) bond motifs is 2. The van der Waals surface area contributed by atoms with Crippen molar-refractivity contribution in [3.05, 3.63) is 114 Å². The van der Waals surface area contributed by atoms with E-state index in [4.69, 9.17) is 23.9 Å². The van der Waals surface area contributed by atoms with E-state index < -0.39 is 12.2 Å². The molecule has 4 heterocycles. The average Bonchev–Trinajstić information content (AvgIpc) is 3.58. The van der Waals surface area contributed by atoms with Gasteiger partial charge in [0.25, 0.3) is 0 Å². The third kappa shape index (κ3) is 8.21. The van der Waals surface area contributed by atoms with Gasteiger partial charge in [-0.3, -0.25) is 0 Å². The zero-order chi connectivity index (χ0) is 36.1. The van der Waals surface area contributed by atoms with Gasteiger partial charge in [0.2, 0.25) is 5.88 Å². The molecule has 10 nitrogen and oxygen atoms in total. The molecule has 3 aliphatic rings. The molecule has 0 spiro atoms. The topological polar surface area (TPSA) is 106 Å². The summed E-state index contributed by atoms with van der Waals surface area (Å²) in [4.78, 5) is 26.2. The van der Waals surface area contributed by atoms with Crippen LogP contribution in [-0.2, 0) is 22.7 Å². The molecule has 3 aliphatic heterocycles. The number of pyridine rings is 1. The van der Waals surface area contributed by atoms with Crippen LogP contribution in [0.4, 0.5) is 16.2 Å². The van der Waals surface area contributed by atoms with Crippen molar-refractivity contribution in [2.24, 2.45) is 0 Å². The number of morpholine rings is 1. The zero-order valence-corrected chi connectivity index (χ0v) is 30.9. The first-order valence-corrected chi connectivity index (χ1v) is 19.3. The second-order valence-electron chi connectivity index (χ2n) is 13.0. The van der Waals surface area contributed by atoms with Crippen molar-refractivity contribution in [1.29, 1.82) is 0 Å². The average molecular weight is 749 g/mol. The first-order valence-electron chi connectivity index (χ1n) is 17.6. The summed E-state index contributed by atoms with van der Waals surface area (Å²) >= 11 is 3.45. The molecule has 2 fully saturated rings. The molecule has 12 heteroatoms. The lowest BCUT2D eigenvalue weighted by atomic mass is 10.1. The minimum atomic E-state index is -0.716. The SMILES string of the molecule is COc1ccc(COc2cc(N3CCOCC3)cc(-c3cccc4c3Sc3ccc(NC5CN(C(=O)OCc6ccccc6)CC5O)cc3S4)n2)cc1. The molecule has 0 bridgehead atoms. The lowest BCUT2D eigenvalue weighted by Gasteiger charge is -2.29. The molecular formula is C41H40N4O6S2. The van der Waals surface area contributed by atoms with Crippen LogP contribution < -0.4 is 19.7 Å². The Bertz CT molecular complexity index is 2060. The number of likely N-dealkylation sites (tertiary alicyclic amines) is 1. The molecule has 1 amide bonds. The second-order valence-corrected chi connectivity index (χ2v) is 15.2. The summed E-state index contributed by atoms with van der Waals surface area (Å²) in [5, 5.41) is 14.3. The zero-order valence-electron chi connectivity index (χ0n) is 29.3. The molecule has 2 unspecified atom stereocenters. The number of nitrogens with zero attached hydrogens (tertiary/aromatic N) is 3. The maximum atomic E-state index is 12.8. The quantitative estimate of drug-likeness (QED) is 0.145. The normalized spacial score (nSPS) is 17.8. The molecule has 0 aliphatic carbocycles. The number of methoxy groups -OCH3 is 1. The Hall–Kier alpha value is -4.88. The van der Waals surface area contributed by atoms with Crippen LogP contribution in [0.5, 0.6) is 11.6 Å². The van der Waals surface area contributed by atoms with Crippen LogP contribution in [0.25, 0.3) is 11.3 Å². The minimum absolute atomic E-state index is 0.197. The summed E-state index contributed by atoms with van der Waals surface area (Å²) in [6.45, 7) is 4.11. The number of anilines is 2. The van der Waals surface area contributed by atoms with Crippen LogP contribution in [0.3, 0.4) is 0 Å². The van der Waals surface area contributed by atoms with Crippen LogP contribution in [0.15, 0.2) is 123 Å². The molecule has 5 aromatic rings. The van der Waals surface area contributed by atoms with Gasteiger partial charge in [0, 0.05) is 62.2 Å². The smallest absolute Gasteiger partial charge is 0.410 e. The number of hydrogen-bond acceptors (Lipinski definition) is 11. The second kappa shape index (κ2) is 16.0. The van der Waals surface area contributed by atoms with Crippen LogP contribution in [0.1, 0.15) is 11.1 Å². The lowest BCUT2D eigenvalue weighted by molar-refractivity contribution is 0.0971. The summed E-state index contributed by atoms with van der Waals surface area (Å²) in [7, 11) is 1.66. The van der Waals surface area contributed by atoms with E-state index >= 15 is 0 Å². The molecule has 2 saturated heterocycles. The Morgan fingerprint density at radius 3 is 2.49 bits per heavy atom. The molecule has 1 aromatic heterocycles. The summed E-state index contributed by atoms with van der Waals surface area (Å²) < 4.78 is 22.8. The number of aromatic nitrogens is 1. The number of aliphatic hydroxyl groups excluding tert-OH is 1. The monoisotopic (exact) mass is 748 g/mol. The molecule has 4 aromatic carbocycles. The molecule has 0 saturated carbocycles. The van der Waals surface area contributed by atoms with E-state index in [0.29, 0.717) is 32.2 Å². The molecular weight excluding hydrogens is 709 g/mol. The number of ether oxygens (including phenoxy) is 4. The van der Waals surface area contributed by atoms with E-state index in [-0.39, 0.29) is 19.2 Å². The number of carbonyl (C=O) groups is 1. The third-order valence-corrected chi connectivity index (χ3v) is 12.0. The predicted molar refractivity (Wildman–Crippen MR) is 206 cm³/mol. The lowest BCUT2D eigenvalue weighted by Crippen LogP contribution is -2.36. The highest BCUT2D eigenvalue weighted by Gasteiger charge is 2.35. The summed E-state index contributed by atoms with van der Waals surface area (Å²) in [6.07, 6.45) is -1.14. The summed E-state index contributed by atoms with van der Waals surface area (Å²) in [6, 6.07) is 33.9. The molecule has 0 radical (unpaired) electrons. The number of carbonyl (C=O) groups excluding carboxylic acids is 1. The van der Waals surface area contributed by atoms with Crippen LogP contribution in [-0.4, -0.2) is 79.7 Å². The highest BCUT2D eigenvalue weighted by atomic mass is 32.2. The fraction of sp³-hybridized carbons (Fsp3) is 0.268. The molecule has 2 N–H and O–H groups in total. The van der Waals surface area contributed by atoms with Crippen molar-refractivity contribution in [3.63, 3.8) is 0 Å². The van der Waals surface area contributed by atoms with Gasteiger partial charge in [0.05, 0.1) is 44.7 Å². The van der Waals surface area contributed by atoms with Crippen molar-refractivity contribution in [2.45, 2.75) is 44.9 Å². The highest BCUT2D eigenvalue weighted by Crippen LogP contribution is 2.52. The Labute approximate surface area is 317 Å². The number of rotatable bonds is 10. The van der Waals surface area contributed by atoms with Crippen molar-refractivity contribution >= 4 is 41.0 Å². The van der Waals surface area contributed by atoms with Gasteiger partial charge >= 0.3 is 6.09 Å². The maximum absolute atomic E-state index is 12.8. The largest absolute Gasteiger partial charge is 0.497 e. The van der Waals surface area contributed by atoms with Gasteiger partial charge in [-0.05, 0) is 53.6 Å². The number of nitrogens with one attached hydrogen (secondary N) is 1. The van der Waals surface area contributed by atoms with Gasteiger partial charge in [0.15, 0.2) is 0 Å². The molecule has 2 atom stereocenters. The van der Waals surface area contributed by atoms with E-state index in [1.165, 1.54) is 0 Å². The first-order chi connectivity index (χ1) is 26.0. The van der Waals surface area contributed by atoms with Crippen LogP contribution in [0.2, 0.25) is 0 Å². The van der Waals surface area contributed by atoms with E-state index in [1.807, 2.05) is 66.7 Å². The Kier molecular flexibility index (Phi) is 10.6. The van der Waals surface area contributed by atoms with Gasteiger partial charge in [-0.25, -0.2) is 9.78 Å². The molecule has 8 rings (SSSR count). The fourth-order valence-electron chi connectivity index (χ4n) is 6.58. The van der Waals surface area contributed by atoms with E-state index in [0.717, 1.165) is 72.2 Å². The van der Waals surface area contributed by atoms with E-state index in [1.54, 1.807) is 35.5 Å². The molecule has 53 heavy (non-hydrogen) atoms. The number of hydrogen-bond donors (Lipinski definition) is 2. The van der Waals surface area contributed by atoms with Crippen LogP contribution >= 0.6 is 23.5 Å². The highest BCUT2D eigenvalue weighted by molar-refractivity contribution is 8.05. The van der Waals surface area contributed by atoms with Gasteiger partial charge in [0.1, 0.15) is 19.0 Å². The summed E-state index contributed by atoms with van der Waals surface area (Å²) in [5.74, 6) is 1.37. The van der Waals surface area contributed by atoms with Crippen molar-refractivity contribution in [3.8, 4) is 22.9 Å². The van der Waals surface area contributed by atoms with Crippen molar-refractivity contribution in [1.82, 2.24) is 9.88 Å². The van der Waals surface area contributed by atoms with Gasteiger partial charge in [-0.2, -0.15) is 0 Å². The Morgan fingerprint density at radius 1 is 0.868 bits per heavy atom. The Morgan fingerprint density at radius 2 is 1.68 bits per heavy atom. The number of benzene rings is 4. The number of β-amino-alcohol motifs (C(OH)–C–C–N with tert-alkyl or cyclic N) is 1. The maximum Gasteiger partial charge on any atom is 0.410 e. The number of aliphatic hydroxyl groups is 1. The Balaban J connectivity index is 0.979. The van der Waals surface area contributed by atoms with Gasteiger partial charge < -0.3 is 39.2 Å². The van der Waals surface area contributed by atoms with Gasteiger partial charge in [-0.1, -0.05) is 78.1 Å². The van der Waals surface area contributed by atoms with Crippen molar-refractivity contribution in [2.75, 3.05) is 56.7 Å². The predicted octanol–water partition coefficient (Wildman–Crippen LogP) is 7.58. The minimum Gasteiger partial charge on any atom is -0.497 e.